The van der Waals surface area contributed by atoms with Crippen molar-refractivity contribution in [1.82, 2.24) is 4.98 Å². The number of aromatic carboxylic acids is 1. The summed E-state index contributed by atoms with van der Waals surface area (Å²) in [4.78, 5) is 25.3. The molecule has 5 heteroatoms. The highest BCUT2D eigenvalue weighted by Gasteiger charge is 2.18. The SMILES string of the molecule is CCC(C)C(=O)Nc1c[nH]c(C)c1C(=O)O. The van der Waals surface area contributed by atoms with Gasteiger partial charge < -0.3 is 15.4 Å². The molecule has 0 fully saturated rings. The molecule has 5 nitrogen and oxygen atoms in total. The number of aryl methyl sites for hydroxylation is 1. The predicted molar refractivity (Wildman–Crippen MR) is 60.6 cm³/mol. The Balaban J connectivity index is 2.90. The highest BCUT2D eigenvalue weighted by atomic mass is 16.4. The monoisotopic (exact) mass is 224 g/mol. The molecular weight excluding hydrogens is 208 g/mol. The lowest BCUT2D eigenvalue weighted by atomic mass is 10.1. The molecule has 1 rings (SSSR count). The summed E-state index contributed by atoms with van der Waals surface area (Å²) in [6, 6.07) is 0. The van der Waals surface area contributed by atoms with E-state index in [9.17, 15) is 9.59 Å². The number of carbonyl (C=O) groups excluding carboxylic acids is 1. The molecule has 16 heavy (non-hydrogen) atoms. The Kier molecular flexibility index (Phi) is 3.71. The molecule has 0 aliphatic carbocycles. The first-order valence-electron chi connectivity index (χ1n) is 5.19. The molecule has 0 spiro atoms. The number of H-pyrrole nitrogens is 1. The van der Waals surface area contributed by atoms with Gasteiger partial charge in [0.15, 0.2) is 0 Å². The highest BCUT2D eigenvalue weighted by Crippen LogP contribution is 2.20. The van der Waals surface area contributed by atoms with Gasteiger partial charge >= 0.3 is 5.97 Å². The van der Waals surface area contributed by atoms with Crippen LogP contribution >= 0.6 is 0 Å². The van der Waals surface area contributed by atoms with Gasteiger partial charge in [0, 0.05) is 17.8 Å². The summed E-state index contributed by atoms with van der Waals surface area (Å²) in [5.74, 6) is -1.33. The van der Waals surface area contributed by atoms with E-state index < -0.39 is 5.97 Å². The summed E-state index contributed by atoms with van der Waals surface area (Å²) in [5.41, 5.74) is 0.985. The van der Waals surface area contributed by atoms with Crippen molar-refractivity contribution in [3.05, 3.63) is 17.5 Å². The van der Waals surface area contributed by atoms with Crippen LogP contribution in [0.1, 0.15) is 36.3 Å². The van der Waals surface area contributed by atoms with Crippen molar-refractivity contribution in [2.24, 2.45) is 5.92 Å². The molecule has 1 amide bonds. The number of nitrogens with one attached hydrogen (secondary N) is 2. The molecule has 0 aromatic carbocycles. The highest BCUT2D eigenvalue weighted by molar-refractivity contribution is 6.01. The molecule has 0 saturated heterocycles. The first kappa shape index (κ1) is 12.3. The molecule has 1 heterocycles. The van der Waals surface area contributed by atoms with E-state index in [0.29, 0.717) is 11.4 Å². The van der Waals surface area contributed by atoms with E-state index in [-0.39, 0.29) is 17.4 Å². The van der Waals surface area contributed by atoms with Gasteiger partial charge in [-0.05, 0) is 13.3 Å². The first-order valence-corrected chi connectivity index (χ1v) is 5.19. The molecule has 0 bridgehead atoms. The number of aromatic amines is 1. The van der Waals surface area contributed by atoms with Crippen LogP contribution in [0.25, 0.3) is 0 Å². The van der Waals surface area contributed by atoms with E-state index in [1.165, 1.54) is 6.20 Å². The fourth-order valence-electron chi connectivity index (χ4n) is 1.34. The second-order valence-corrected chi connectivity index (χ2v) is 3.81. The fourth-order valence-corrected chi connectivity index (χ4v) is 1.34. The Hall–Kier alpha value is -1.78. The summed E-state index contributed by atoms with van der Waals surface area (Å²) in [6.07, 6.45) is 2.22. The molecule has 0 saturated carbocycles. The zero-order valence-corrected chi connectivity index (χ0v) is 9.63. The van der Waals surface area contributed by atoms with Crippen molar-refractivity contribution >= 4 is 17.6 Å². The van der Waals surface area contributed by atoms with E-state index in [1.54, 1.807) is 13.8 Å². The number of hydrogen-bond acceptors (Lipinski definition) is 2. The van der Waals surface area contributed by atoms with Crippen LogP contribution in [0.2, 0.25) is 0 Å². The lowest BCUT2D eigenvalue weighted by Crippen LogP contribution is -2.20. The van der Waals surface area contributed by atoms with Crippen molar-refractivity contribution in [1.29, 1.82) is 0 Å². The van der Waals surface area contributed by atoms with Gasteiger partial charge in [0.25, 0.3) is 0 Å². The summed E-state index contributed by atoms with van der Waals surface area (Å²) in [6.45, 7) is 5.36. The zero-order chi connectivity index (χ0) is 12.3. The summed E-state index contributed by atoms with van der Waals surface area (Å²) >= 11 is 0. The Morgan fingerprint density at radius 3 is 2.69 bits per heavy atom. The summed E-state index contributed by atoms with van der Waals surface area (Å²) in [5, 5.41) is 11.6. The van der Waals surface area contributed by atoms with E-state index >= 15 is 0 Å². The third kappa shape index (κ3) is 2.42. The Morgan fingerprint density at radius 2 is 2.19 bits per heavy atom. The van der Waals surface area contributed by atoms with Gasteiger partial charge in [0.1, 0.15) is 5.56 Å². The average molecular weight is 224 g/mol. The smallest absolute Gasteiger partial charge is 0.339 e. The van der Waals surface area contributed by atoms with Crippen LogP contribution in [0.15, 0.2) is 6.20 Å². The van der Waals surface area contributed by atoms with Crippen LogP contribution in [0.4, 0.5) is 5.69 Å². The number of hydrogen-bond donors (Lipinski definition) is 3. The molecule has 1 unspecified atom stereocenters. The van der Waals surface area contributed by atoms with Crippen LogP contribution in [0.5, 0.6) is 0 Å². The standard InChI is InChI=1S/C11H16N2O3/c1-4-6(2)10(14)13-8-5-12-7(3)9(8)11(15)16/h5-6,12H,4H2,1-3H3,(H,13,14)(H,15,16). The Morgan fingerprint density at radius 1 is 1.56 bits per heavy atom. The van der Waals surface area contributed by atoms with Crippen LogP contribution in [0, 0.1) is 12.8 Å². The van der Waals surface area contributed by atoms with Gasteiger partial charge in [-0.3, -0.25) is 4.79 Å². The molecule has 1 aromatic heterocycles. The maximum Gasteiger partial charge on any atom is 0.339 e. The zero-order valence-electron chi connectivity index (χ0n) is 9.63. The number of carbonyl (C=O) groups is 2. The van der Waals surface area contributed by atoms with Crippen LogP contribution in [0.3, 0.4) is 0 Å². The van der Waals surface area contributed by atoms with Crippen molar-refractivity contribution in [3.8, 4) is 0 Å². The van der Waals surface area contributed by atoms with E-state index in [1.807, 2.05) is 6.92 Å². The molecular formula is C11H16N2O3. The van der Waals surface area contributed by atoms with Crippen LogP contribution < -0.4 is 5.32 Å². The van der Waals surface area contributed by atoms with E-state index in [0.717, 1.165) is 6.42 Å². The Labute approximate surface area is 93.9 Å². The molecule has 1 aromatic rings. The third-order valence-electron chi connectivity index (χ3n) is 2.61. The maximum absolute atomic E-state index is 11.6. The predicted octanol–water partition coefficient (Wildman–Crippen LogP) is 2.01. The van der Waals surface area contributed by atoms with Crippen molar-refractivity contribution < 1.29 is 14.7 Å². The molecule has 1 atom stereocenters. The van der Waals surface area contributed by atoms with Crippen molar-refractivity contribution in [3.63, 3.8) is 0 Å². The second kappa shape index (κ2) is 4.83. The first-order chi connectivity index (χ1) is 7.47. The lowest BCUT2D eigenvalue weighted by molar-refractivity contribution is -0.119. The molecule has 0 radical (unpaired) electrons. The lowest BCUT2D eigenvalue weighted by Gasteiger charge is -2.09. The van der Waals surface area contributed by atoms with Gasteiger partial charge in [0.05, 0.1) is 5.69 Å². The number of amides is 1. The minimum Gasteiger partial charge on any atom is -0.478 e. The number of anilines is 1. The topological polar surface area (TPSA) is 82.2 Å². The van der Waals surface area contributed by atoms with Crippen LogP contribution in [-0.2, 0) is 4.79 Å². The van der Waals surface area contributed by atoms with Crippen molar-refractivity contribution in [2.45, 2.75) is 27.2 Å². The minimum absolute atomic E-state index is 0.122. The number of carboxylic acid groups (broad SMARTS) is 1. The normalized spacial score (nSPS) is 12.2. The van der Waals surface area contributed by atoms with Crippen LogP contribution in [-0.4, -0.2) is 22.0 Å². The van der Waals surface area contributed by atoms with Crippen molar-refractivity contribution in [2.75, 3.05) is 5.32 Å². The second-order valence-electron chi connectivity index (χ2n) is 3.81. The molecule has 0 aliphatic heterocycles. The van der Waals surface area contributed by atoms with Gasteiger partial charge in [-0.25, -0.2) is 4.79 Å². The van der Waals surface area contributed by atoms with Gasteiger partial charge in [0.2, 0.25) is 5.91 Å². The van der Waals surface area contributed by atoms with Gasteiger partial charge in [-0.2, -0.15) is 0 Å². The Bertz CT molecular complexity index is 409. The summed E-state index contributed by atoms with van der Waals surface area (Å²) < 4.78 is 0. The molecule has 3 N–H and O–H groups in total. The quantitative estimate of drug-likeness (QED) is 0.731. The number of aromatic nitrogens is 1. The largest absolute Gasteiger partial charge is 0.478 e. The van der Waals surface area contributed by atoms with Gasteiger partial charge in [-0.1, -0.05) is 13.8 Å². The van der Waals surface area contributed by atoms with E-state index in [2.05, 4.69) is 10.3 Å². The van der Waals surface area contributed by atoms with Gasteiger partial charge in [-0.15, -0.1) is 0 Å². The number of rotatable bonds is 4. The minimum atomic E-state index is -1.04. The fraction of sp³-hybridized carbons (Fsp3) is 0.455. The number of carboxylic acids is 1. The third-order valence-corrected chi connectivity index (χ3v) is 2.61. The molecule has 88 valence electrons. The van der Waals surface area contributed by atoms with E-state index in [4.69, 9.17) is 5.11 Å². The average Bonchev–Trinajstić information content (AvgIpc) is 2.58. The summed E-state index contributed by atoms with van der Waals surface area (Å²) in [7, 11) is 0. The molecule has 0 aliphatic rings. The maximum atomic E-state index is 11.6.